The fourth-order valence-electron chi connectivity index (χ4n) is 1.84. The van der Waals surface area contributed by atoms with Crippen LogP contribution in [-0.2, 0) is 15.7 Å². The number of carbonyl (C=O) groups excluding carboxylic acids is 2. The third kappa shape index (κ3) is 4.94. The molecule has 128 valence electrons. The van der Waals surface area contributed by atoms with Gasteiger partial charge in [-0.2, -0.15) is 13.2 Å². The number of hydrogen-bond acceptors (Lipinski definition) is 3. The lowest BCUT2D eigenvalue weighted by Crippen LogP contribution is -2.45. The highest BCUT2D eigenvalue weighted by atomic mass is 19.4. The van der Waals surface area contributed by atoms with Crippen molar-refractivity contribution in [3.8, 4) is 0 Å². The summed E-state index contributed by atoms with van der Waals surface area (Å²) in [6.07, 6.45) is -4.84. The Balaban J connectivity index is 2.97. The Morgan fingerprint density at radius 1 is 1.26 bits per heavy atom. The van der Waals surface area contributed by atoms with Gasteiger partial charge in [0, 0.05) is 5.56 Å². The van der Waals surface area contributed by atoms with Crippen molar-refractivity contribution in [3.63, 3.8) is 0 Å². The van der Waals surface area contributed by atoms with Crippen molar-refractivity contribution in [3.05, 3.63) is 35.1 Å². The molecule has 0 aliphatic rings. The van der Waals surface area contributed by atoms with Gasteiger partial charge >= 0.3 is 12.1 Å². The molecule has 8 heteroatoms. The number of benzene rings is 1. The van der Waals surface area contributed by atoms with Crippen LogP contribution >= 0.6 is 0 Å². The predicted molar refractivity (Wildman–Crippen MR) is 74.1 cm³/mol. The number of alkyl halides is 3. The molecule has 0 saturated heterocycles. The Labute approximate surface area is 130 Å². The summed E-state index contributed by atoms with van der Waals surface area (Å²) in [6.45, 7) is 5.04. The molecule has 4 nitrogen and oxygen atoms in total. The molecule has 23 heavy (non-hydrogen) atoms. The smallest absolute Gasteiger partial charge is 0.419 e. The molecule has 0 saturated carbocycles. The second-order valence-electron chi connectivity index (χ2n) is 5.14. The zero-order chi connectivity index (χ0) is 17.8. The second kappa shape index (κ2) is 7.43. The summed E-state index contributed by atoms with van der Waals surface area (Å²) in [6, 6.07) is 0.844. The van der Waals surface area contributed by atoms with Crippen LogP contribution < -0.4 is 5.32 Å². The Morgan fingerprint density at radius 3 is 2.30 bits per heavy atom. The summed E-state index contributed by atoms with van der Waals surface area (Å²) < 4.78 is 55.8. The molecule has 1 N–H and O–H groups in total. The van der Waals surface area contributed by atoms with Crippen molar-refractivity contribution in [2.24, 2.45) is 5.92 Å². The molecule has 0 spiro atoms. The van der Waals surface area contributed by atoms with E-state index in [0.29, 0.717) is 12.1 Å². The van der Waals surface area contributed by atoms with E-state index in [0.717, 1.165) is 6.07 Å². The predicted octanol–water partition coefficient (Wildman–Crippen LogP) is 3.16. The van der Waals surface area contributed by atoms with Crippen LogP contribution in [0, 0.1) is 11.7 Å². The van der Waals surface area contributed by atoms with Crippen LogP contribution in [0.15, 0.2) is 18.2 Å². The Bertz CT molecular complexity index is 585. The SMILES string of the molecule is CCOC(=O)C(NC(=O)c1ccc(C(F)(F)F)c(F)c1)C(C)C. The molecular formula is C15H17F4NO3. The molecule has 0 fully saturated rings. The van der Waals surface area contributed by atoms with Crippen LogP contribution in [-0.4, -0.2) is 24.5 Å². The summed E-state index contributed by atoms with van der Waals surface area (Å²) >= 11 is 0. The van der Waals surface area contributed by atoms with Gasteiger partial charge in [-0.05, 0) is 31.0 Å². The largest absolute Gasteiger partial charge is 0.464 e. The molecule has 0 aliphatic heterocycles. The van der Waals surface area contributed by atoms with E-state index < -0.39 is 35.5 Å². The maximum atomic E-state index is 13.5. The highest BCUT2D eigenvalue weighted by Crippen LogP contribution is 2.31. The van der Waals surface area contributed by atoms with E-state index >= 15 is 0 Å². The van der Waals surface area contributed by atoms with Gasteiger partial charge in [0.25, 0.3) is 5.91 Å². The summed E-state index contributed by atoms with van der Waals surface area (Å²) in [5.41, 5.74) is -1.77. The number of esters is 1. The number of ether oxygens (including phenoxy) is 1. The molecule has 0 radical (unpaired) electrons. The van der Waals surface area contributed by atoms with E-state index in [1.165, 1.54) is 0 Å². The Morgan fingerprint density at radius 2 is 1.87 bits per heavy atom. The lowest BCUT2D eigenvalue weighted by Gasteiger charge is -2.20. The zero-order valence-corrected chi connectivity index (χ0v) is 12.8. The van der Waals surface area contributed by atoms with Gasteiger partial charge < -0.3 is 10.1 Å². The van der Waals surface area contributed by atoms with Gasteiger partial charge in [0.15, 0.2) is 0 Å². The summed E-state index contributed by atoms with van der Waals surface area (Å²) in [7, 11) is 0. The van der Waals surface area contributed by atoms with E-state index in [1.54, 1.807) is 20.8 Å². The standard InChI is InChI=1S/C15H17F4NO3/c1-4-23-14(22)12(8(2)3)20-13(21)9-5-6-10(11(16)7-9)15(17,18)19/h5-8,12H,4H2,1-3H3,(H,20,21). The van der Waals surface area contributed by atoms with E-state index in [4.69, 9.17) is 4.74 Å². The minimum atomic E-state index is -4.84. The molecule has 1 atom stereocenters. The van der Waals surface area contributed by atoms with E-state index in [2.05, 4.69) is 5.32 Å². The second-order valence-corrected chi connectivity index (χ2v) is 5.14. The third-order valence-corrected chi connectivity index (χ3v) is 3.03. The van der Waals surface area contributed by atoms with Gasteiger partial charge in [0.2, 0.25) is 0 Å². The third-order valence-electron chi connectivity index (χ3n) is 3.03. The van der Waals surface area contributed by atoms with Gasteiger partial charge in [-0.25, -0.2) is 9.18 Å². The number of nitrogens with one attached hydrogen (secondary N) is 1. The highest BCUT2D eigenvalue weighted by Gasteiger charge is 2.34. The first kappa shape index (κ1) is 18.9. The molecule has 1 aromatic rings. The zero-order valence-electron chi connectivity index (χ0n) is 12.8. The van der Waals surface area contributed by atoms with Crippen molar-refractivity contribution >= 4 is 11.9 Å². The van der Waals surface area contributed by atoms with Crippen LogP contribution in [0.25, 0.3) is 0 Å². The molecule has 1 amide bonds. The van der Waals surface area contributed by atoms with Crippen molar-refractivity contribution in [1.29, 1.82) is 0 Å². The van der Waals surface area contributed by atoms with Gasteiger partial charge in [0.1, 0.15) is 11.9 Å². The molecule has 1 unspecified atom stereocenters. The van der Waals surface area contributed by atoms with Gasteiger partial charge in [-0.1, -0.05) is 13.8 Å². The molecule has 0 bridgehead atoms. The normalized spacial score (nSPS) is 12.9. The highest BCUT2D eigenvalue weighted by molar-refractivity contribution is 5.96. The molecular weight excluding hydrogens is 318 g/mol. The fourth-order valence-corrected chi connectivity index (χ4v) is 1.84. The minimum absolute atomic E-state index is 0.118. The Hall–Kier alpha value is -2.12. The molecule has 0 heterocycles. The average molecular weight is 335 g/mol. The van der Waals surface area contributed by atoms with E-state index in [9.17, 15) is 27.2 Å². The van der Waals surface area contributed by atoms with Crippen LogP contribution in [0.3, 0.4) is 0 Å². The molecule has 0 aliphatic carbocycles. The van der Waals surface area contributed by atoms with Gasteiger partial charge in [-0.15, -0.1) is 0 Å². The fraction of sp³-hybridized carbons (Fsp3) is 0.467. The topological polar surface area (TPSA) is 55.4 Å². The first-order chi connectivity index (χ1) is 10.6. The maximum Gasteiger partial charge on any atom is 0.419 e. The quantitative estimate of drug-likeness (QED) is 0.664. The van der Waals surface area contributed by atoms with E-state index in [-0.39, 0.29) is 18.1 Å². The van der Waals surface area contributed by atoms with Crippen molar-refractivity contribution < 1.29 is 31.9 Å². The summed E-state index contributed by atoms with van der Waals surface area (Å²) in [5, 5.41) is 2.34. The number of halogens is 4. The van der Waals surface area contributed by atoms with Crippen LogP contribution in [0.2, 0.25) is 0 Å². The number of carbonyl (C=O) groups is 2. The first-order valence-electron chi connectivity index (χ1n) is 6.92. The average Bonchev–Trinajstić information content (AvgIpc) is 2.42. The monoisotopic (exact) mass is 335 g/mol. The van der Waals surface area contributed by atoms with Crippen LogP contribution in [0.5, 0.6) is 0 Å². The number of rotatable bonds is 5. The first-order valence-corrected chi connectivity index (χ1v) is 6.92. The van der Waals surface area contributed by atoms with E-state index in [1.807, 2.05) is 0 Å². The maximum absolute atomic E-state index is 13.5. The van der Waals surface area contributed by atoms with Gasteiger partial charge in [-0.3, -0.25) is 4.79 Å². The summed E-state index contributed by atoms with van der Waals surface area (Å²) in [4.78, 5) is 23.8. The van der Waals surface area contributed by atoms with Crippen LogP contribution in [0.1, 0.15) is 36.7 Å². The van der Waals surface area contributed by atoms with Crippen molar-refractivity contribution in [1.82, 2.24) is 5.32 Å². The number of amides is 1. The summed E-state index contributed by atoms with van der Waals surface area (Å²) in [5.74, 6) is -3.38. The molecule has 1 rings (SSSR count). The minimum Gasteiger partial charge on any atom is -0.464 e. The van der Waals surface area contributed by atoms with Gasteiger partial charge in [0.05, 0.1) is 12.2 Å². The lowest BCUT2D eigenvalue weighted by atomic mass is 10.0. The van der Waals surface area contributed by atoms with Crippen LogP contribution in [0.4, 0.5) is 17.6 Å². The number of hydrogen-bond donors (Lipinski definition) is 1. The Kier molecular flexibility index (Phi) is 6.12. The van der Waals surface area contributed by atoms with Crippen molar-refractivity contribution in [2.45, 2.75) is 33.0 Å². The van der Waals surface area contributed by atoms with Crippen molar-refractivity contribution in [2.75, 3.05) is 6.61 Å². The lowest BCUT2D eigenvalue weighted by molar-refractivity contribution is -0.146. The molecule has 1 aromatic carbocycles. The molecule has 0 aromatic heterocycles.